The third kappa shape index (κ3) is 4.76. The third-order valence-corrected chi connectivity index (χ3v) is 4.09. The summed E-state index contributed by atoms with van der Waals surface area (Å²) in [6.07, 6.45) is -8.73. The molecule has 4 nitrogen and oxygen atoms in total. The number of hydrogen-bond acceptors (Lipinski definition) is 3. The highest BCUT2D eigenvalue weighted by Crippen LogP contribution is 2.36. The van der Waals surface area contributed by atoms with Crippen molar-refractivity contribution in [3.05, 3.63) is 77.0 Å². The topological polar surface area (TPSA) is 54.9 Å². The van der Waals surface area contributed by atoms with Gasteiger partial charge in [-0.3, -0.25) is 10.1 Å². The van der Waals surface area contributed by atoms with E-state index in [0.717, 1.165) is 0 Å². The van der Waals surface area contributed by atoms with E-state index in [2.05, 4.69) is 15.3 Å². The molecule has 1 N–H and O–H groups in total. The van der Waals surface area contributed by atoms with Crippen molar-refractivity contribution in [3.63, 3.8) is 0 Å². The predicted molar refractivity (Wildman–Crippen MR) is 96.6 cm³/mol. The van der Waals surface area contributed by atoms with E-state index >= 15 is 0 Å². The Labute approximate surface area is 166 Å². The molecule has 1 aromatic heterocycles. The summed E-state index contributed by atoms with van der Waals surface area (Å²) in [5.74, 6) is -1.45. The Kier molecular flexibility index (Phi) is 5.51. The van der Waals surface area contributed by atoms with Crippen LogP contribution in [0.15, 0.2) is 54.7 Å². The normalized spacial score (nSPS) is 12.0. The molecular formula is C20H13F6N3O. The summed E-state index contributed by atoms with van der Waals surface area (Å²) in [4.78, 5) is 20.4. The van der Waals surface area contributed by atoms with Gasteiger partial charge in [0.15, 0.2) is 0 Å². The van der Waals surface area contributed by atoms with Gasteiger partial charge in [-0.05, 0) is 30.7 Å². The number of nitrogens with zero attached hydrogens (tertiary/aromatic N) is 2. The number of amides is 1. The van der Waals surface area contributed by atoms with Gasteiger partial charge >= 0.3 is 12.4 Å². The fraction of sp³-hybridized carbons (Fsp3) is 0.150. The molecule has 0 saturated heterocycles. The zero-order chi connectivity index (χ0) is 22.1. The van der Waals surface area contributed by atoms with Crippen molar-refractivity contribution in [3.8, 4) is 11.3 Å². The zero-order valence-corrected chi connectivity index (χ0v) is 15.3. The summed E-state index contributed by atoms with van der Waals surface area (Å²) >= 11 is 0. The van der Waals surface area contributed by atoms with Gasteiger partial charge in [-0.2, -0.15) is 26.3 Å². The maximum absolute atomic E-state index is 13.0. The summed E-state index contributed by atoms with van der Waals surface area (Å²) in [7, 11) is 0. The highest BCUT2D eigenvalue weighted by Gasteiger charge is 2.37. The number of aryl methyl sites for hydroxylation is 1. The molecule has 0 aliphatic carbocycles. The first-order chi connectivity index (χ1) is 13.9. The number of anilines is 1. The molecule has 0 saturated carbocycles. The van der Waals surface area contributed by atoms with Gasteiger partial charge in [0.05, 0.1) is 16.8 Å². The number of carbonyl (C=O) groups is 1. The molecule has 156 valence electrons. The van der Waals surface area contributed by atoms with E-state index in [-0.39, 0.29) is 12.0 Å². The van der Waals surface area contributed by atoms with Crippen molar-refractivity contribution in [1.29, 1.82) is 0 Å². The molecule has 10 heteroatoms. The lowest BCUT2D eigenvalue weighted by atomic mass is 10.0. The lowest BCUT2D eigenvalue weighted by Gasteiger charge is -2.14. The molecule has 1 heterocycles. The Bertz CT molecular complexity index is 1050. The first-order valence-corrected chi connectivity index (χ1v) is 8.45. The lowest BCUT2D eigenvalue weighted by molar-refractivity contribution is -0.143. The van der Waals surface area contributed by atoms with Gasteiger partial charge in [0.1, 0.15) is 0 Å². The van der Waals surface area contributed by atoms with Gasteiger partial charge in [-0.15, -0.1) is 0 Å². The van der Waals surface area contributed by atoms with Gasteiger partial charge in [0.25, 0.3) is 5.91 Å². The van der Waals surface area contributed by atoms with Crippen LogP contribution in [0.4, 0.5) is 32.3 Å². The largest absolute Gasteiger partial charge is 0.416 e. The van der Waals surface area contributed by atoms with E-state index in [0.29, 0.717) is 29.0 Å². The standard InChI is InChI=1S/C20H13F6N3O/c1-11-10-27-18(28-16(11)12-5-3-2-4-6-12)29-17(30)13-7-14(19(21,22)23)9-15(8-13)20(24,25)26/h2-10H,1H3,(H,27,28,29,30). The van der Waals surface area contributed by atoms with Gasteiger partial charge in [-0.1, -0.05) is 30.3 Å². The number of rotatable bonds is 3. The number of alkyl halides is 6. The molecule has 2 aromatic carbocycles. The minimum absolute atomic E-state index is 0.0489. The van der Waals surface area contributed by atoms with Gasteiger partial charge in [-0.25, -0.2) is 9.97 Å². The van der Waals surface area contributed by atoms with E-state index in [1.165, 1.54) is 6.20 Å². The molecule has 0 bridgehead atoms. The fourth-order valence-electron chi connectivity index (χ4n) is 2.65. The molecule has 3 aromatic rings. The molecule has 0 radical (unpaired) electrons. The van der Waals surface area contributed by atoms with Gasteiger partial charge in [0, 0.05) is 17.3 Å². The minimum atomic E-state index is -5.06. The monoisotopic (exact) mass is 425 g/mol. The summed E-state index contributed by atoms with van der Waals surface area (Å²) in [6.45, 7) is 1.72. The number of nitrogens with one attached hydrogen (secondary N) is 1. The van der Waals surface area contributed by atoms with Crippen molar-refractivity contribution in [2.75, 3.05) is 5.32 Å². The van der Waals surface area contributed by atoms with Crippen LogP contribution < -0.4 is 5.32 Å². The second kappa shape index (κ2) is 7.77. The Hall–Kier alpha value is -3.43. The SMILES string of the molecule is Cc1cnc(NC(=O)c2cc(C(F)(F)F)cc(C(F)(F)F)c2)nc1-c1ccccc1. The summed E-state index contributed by atoms with van der Waals surface area (Å²) < 4.78 is 77.9. The Morgan fingerprint density at radius 3 is 2.00 bits per heavy atom. The summed E-state index contributed by atoms with van der Waals surface area (Å²) in [5.41, 5.74) is -2.16. The van der Waals surface area contributed by atoms with E-state index in [4.69, 9.17) is 0 Å². The smallest absolute Gasteiger partial charge is 0.290 e. The molecule has 0 aliphatic rings. The van der Waals surface area contributed by atoms with E-state index in [9.17, 15) is 31.1 Å². The third-order valence-electron chi connectivity index (χ3n) is 4.09. The van der Waals surface area contributed by atoms with Crippen LogP contribution >= 0.6 is 0 Å². The molecule has 0 atom stereocenters. The fourth-order valence-corrected chi connectivity index (χ4v) is 2.65. The molecular weight excluding hydrogens is 412 g/mol. The lowest BCUT2D eigenvalue weighted by Crippen LogP contribution is -2.18. The van der Waals surface area contributed by atoms with Crippen molar-refractivity contribution in [2.45, 2.75) is 19.3 Å². The number of halogens is 6. The second-order valence-corrected chi connectivity index (χ2v) is 6.34. The molecule has 1 amide bonds. The number of carbonyl (C=O) groups excluding carboxylic acids is 1. The van der Waals surface area contributed by atoms with Crippen LogP contribution in [0.5, 0.6) is 0 Å². The van der Waals surface area contributed by atoms with E-state index < -0.39 is 35.0 Å². The Morgan fingerprint density at radius 2 is 1.47 bits per heavy atom. The van der Waals surface area contributed by atoms with Crippen LogP contribution in [0.2, 0.25) is 0 Å². The van der Waals surface area contributed by atoms with Gasteiger partial charge < -0.3 is 0 Å². The molecule has 0 spiro atoms. The highest BCUT2D eigenvalue weighted by atomic mass is 19.4. The van der Waals surface area contributed by atoms with Gasteiger partial charge in [0.2, 0.25) is 5.95 Å². The first kappa shape index (κ1) is 21.3. The van der Waals surface area contributed by atoms with E-state index in [1.54, 1.807) is 37.3 Å². The van der Waals surface area contributed by atoms with Crippen molar-refractivity contribution < 1.29 is 31.1 Å². The van der Waals surface area contributed by atoms with Crippen LogP contribution in [0.1, 0.15) is 27.0 Å². The Balaban J connectivity index is 1.97. The van der Waals surface area contributed by atoms with Crippen molar-refractivity contribution in [1.82, 2.24) is 9.97 Å². The first-order valence-electron chi connectivity index (χ1n) is 8.45. The van der Waals surface area contributed by atoms with E-state index in [1.807, 2.05) is 0 Å². The maximum atomic E-state index is 13.0. The molecule has 3 rings (SSSR count). The van der Waals surface area contributed by atoms with Crippen LogP contribution in [-0.2, 0) is 12.4 Å². The number of benzene rings is 2. The molecule has 0 unspecified atom stereocenters. The van der Waals surface area contributed by atoms with Crippen molar-refractivity contribution >= 4 is 11.9 Å². The summed E-state index contributed by atoms with van der Waals surface area (Å²) in [5, 5.41) is 2.16. The molecule has 0 aliphatic heterocycles. The molecule has 30 heavy (non-hydrogen) atoms. The maximum Gasteiger partial charge on any atom is 0.416 e. The highest BCUT2D eigenvalue weighted by molar-refractivity contribution is 6.03. The number of hydrogen-bond donors (Lipinski definition) is 1. The molecule has 0 fully saturated rings. The second-order valence-electron chi connectivity index (χ2n) is 6.34. The summed E-state index contributed by atoms with van der Waals surface area (Å²) in [6, 6.07) is 9.45. The minimum Gasteiger partial charge on any atom is -0.290 e. The van der Waals surface area contributed by atoms with Crippen LogP contribution in [0, 0.1) is 6.92 Å². The van der Waals surface area contributed by atoms with Crippen molar-refractivity contribution in [2.24, 2.45) is 0 Å². The van der Waals surface area contributed by atoms with Crippen LogP contribution in [0.3, 0.4) is 0 Å². The predicted octanol–water partition coefficient (Wildman–Crippen LogP) is 5.74. The average molecular weight is 425 g/mol. The average Bonchev–Trinajstić information content (AvgIpc) is 2.68. The quantitative estimate of drug-likeness (QED) is 0.545. The number of aromatic nitrogens is 2. The Morgan fingerprint density at radius 1 is 0.900 bits per heavy atom. The van der Waals surface area contributed by atoms with Crippen LogP contribution in [-0.4, -0.2) is 15.9 Å². The zero-order valence-electron chi connectivity index (χ0n) is 15.3. The van der Waals surface area contributed by atoms with Crippen LogP contribution in [0.25, 0.3) is 11.3 Å².